The number of aryl methyl sites for hydroxylation is 1. The van der Waals surface area contributed by atoms with Gasteiger partial charge >= 0.3 is 0 Å². The Kier molecular flexibility index (Phi) is 4.90. The van der Waals surface area contributed by atoms with E-state index in [-0.39, 0.29) is 5.88 Å². The maximum atomic E-state index is 11.0. The number of para-hydroxylation sites is 1. The Morgan fingerprint density at radius 2 is 2.15 bits per heavy atom. The number of hydrogen-bond acceptors (Lipinski definition) is 3. The van der Waals surface area contributed by atoms with Gasteiger partial charge in [-0.25, -0.2) is 18.1 Å². The standard InChI is InChI=1S/C12H15Cl2N3O2S/c1-20(18,19)15-6-3-7-17-11(8-13)16-10-5-2-4-9(14)12(10)17/h2,4-5,15H,3,6-8H2,1H3. The molecule has 0 aliphatic rings. The van der Waals surface area contributed by atoms with E-state index < -0.39 is 10.0 Å². The van der Waals surface area contributed by atoms with Crippen LogP contribution in [0.4, 0.5) is 0 Å². The Hall–Kier alpha value is -0.820. The third-order valence-corrected chi connectivity index (χ3v) is 4.11. The number of rotatable bonds is 6. The number of sulfonamides is 1. The molecule has 0 amide bonds. The molecule has 0 aliphatic carbocycles. The molecule has 0 aliphatic heterocycles. The van der Waals surface area contributed by atoms with Gasteiger partial charge in [0.1, 0.15) is 5.82 Å². The largest absolute Gasteiger partial charge is 0.326 e. The van der Waals surface area contributed by atoms with Gasteiger partial charge in [-0.2, -0.15) is 0 Å². The molecule has 8 heteroatoms. The molecule has 1 N–H and O–H groups in total. The highest BCUT2D eigenvalue weighted by molar-refractivity contribution is 7.88. The van der Waals surface area contributed by atoms with Crippen molar-refractivity contribution in [2.24, 2.45) is 0 Å². The first kappa shape index (κ1) is 15.6. The van der Waals surface area contributed by atoms with Crippen LogP contribution in [0.2, 0.25) is 5.02 Å². The summed E-state index contributed by atoms with van der Waals surface area (Å²) in [5.74, 6) is 1.01. The van der Waals surface area contributed by atoms with Crippen molar-refractivity contribution in [2.45, 2.75) is 18.8 Å². The maximum Gasteiger partial charge on any atom is 0.208 e. The lowest BCUT2D eigenvalue weighted by Gasteiger charge is -2.08. The summed E-state index contributed by atoms with van der Waals surface area (Å²) in [6, 6.07) is 5.52. The fourth-order valence-corrected chi connectivity index (χ4v) is 3.02. The number of aromatic nitrogens is 2. The molecule has 0 atom stereocenters. The minimum Gasteiger partial charge on any atom is -0.326 e. The van der Waals surface area contributed by atoms with Gasteiger partial charge in [0.15, 0.2) is 0 Å². The molecule has 2 rings (SSSR count). The molecule has 0 fully saturated rings. The number of nitrogens with zero attached hydrogens (tertiary/aromatic N) is 2. The van der Waals surface area contributed by atoms with E-state index in [9.17, 15) is 8.42 Å². The van der Waals surface area contributed by atoms with E-state index in [1.54, 1.807) is 6.07 Å². The van der Waals surface area contributed by atoms with Gasteiger partial charge in [0.05, 0.1) is 28.2 Å². The average molecular weight is 336 g/mol. The highest BCUT2D eigenvalue weighted by atomic mass is 35.5. The lowest BCUT2D eigenvalue weighted by Crippen LogP contribution is -2.24. The van der Waals surface area contributed by atoms with E-state index in [0.717, 1.165) is 23.1 Å². The van der Waals surface area contributed by atoms with Crippen LogP contribution in [0.1, 0.15) is 12.2 Å². The van der Waals surface area contributed by atoms with Crippen LogP contribution in [0.5, 0.6) is 0 Å². The monoisotopic (exact) mass is 335 g/mol. The van der Waals surface area contributed by atoms with Crippen LogP contribution in [-0.4, -0.2) is 30.8 Å². The van der Waals surface area contributed by atoms with Crippen LogP contribution in [0.3, 0.4) is 0 Å². The summed E-state index contributed by atoms with van der Waals surface area (Å²) in [4.78, 5) is 4.43. The second kappa shape index (κ2) is 6.30. The molecular formula is C12H15Cl2N3O2S. The normalized spacial score (nSPS) is 12.2. The molecule has 5 nitrogen and oxygen atoms in total. The van der Waals surface area contributed by atoms with Gasteiger partial charge in [0.2, 0.25) is 10.0 Å². The fourth-order valence-electron chi connectivity index (χ4n) is 2.03. The predicted molar refractivity (Wildman–Crippen MR) is 81.8 cm³/mol. The van der Waals surface area contributed by atoms with E-state index in [1.807, 2.05) is 16.7 Å². The third-order valence-electron chi connectivity index (χ3n) is 2.84. The number of benzene rings is 1. The zero-order valence-corrected chi connectivity index (χ0v) is 13.3. The SMILES string of the molecule is CS(=O)(=O)NCCCn1c(CCl)nc2cccc(Cl)c21. The quantitative estimate of drug-likeness (QED) is 0.651. The first-order valence-electron chi connectivity index (χ1n) is 6.06. The van der Waals surface area contributed by atoms with Crippen LogP contribution in [0.25, 0.3) is 11.0 Å². The van der Waals surface area contributed by atoms with Crippen LogP contribution >= 0.6 is 23.2 Å². The van der Waals surface area contributed by atoms with Crippen molar-refractivity contribution in [1.82, 2.24) is 14.3 Å². The molecule has 0 bridgehead atoms. The van der Waals surface area contributed by atoms with E-state index in [1.165, 1.54) is 0 Å². The molecule has 0 spiro atoms. The van der Waals surface area contributed by atoms with Gasteiger partial charge in [-0.3, -0.25) is 0 Å². The summed E-state index contributed by atoms with van der Waals surface area (Å²) in [6.45, 7) is 0.968. The van der Waals surface area contributed by atoms with Gasteiger partial charge in [-0.05, 0) is 18.6 Å². The van der Waals surface area contributed by atoms with Crippen molar-refractivity contribution in [1.29, 1.82) is 0 Å². The summed E-state index contributed by atoms with van der Waals surface area (Å²) < 4.78 is 26.4. The zero-order valence-electron chi connectivity index (χ0n) is 10.9. The van der Waals surface area contributed by atoms with Gasteiger partial charge in [0, 0.05) is 13.1 Å². The highest BCUT2D eigenvalue weighted by Crippen LogP contribution is 2.25. The van der Waals surface area contributed by atoms with Crippen molar-refractivity contribution in [2.75, 3.05) is 12.8 Å². The van der Waals surface area contributed by atoms with Crippen LogP contribution in [0.15, 0.2) is 18.2 Å². The third kappa shape index (κ3) is 3.63. The molecular weight excluding hydrogens is 321 g/mol. The zero-order chi connectivity index (χ0) is 14.8. The Bertz CT molecular complexity index is 713. The van der Waals surface area contributed by atoms with Gasteiger partial charge in [-0.1, -0.05) is 17.7 Å². The van der Waals surface area contributed by atoms with Gasteiger partial charge < -0.3 is 4.57 Å². The summed E-state index contributed by atoms with van der Waals surface area (Å²) in [5.41, 5.74) is 1.63. The molecule has 0 unspecified atom stereocenters. The van der Waals surface area contributed by atoms with Crippen LogP contribution in [-0.2, 0) is 22.4 Å². The van der Waals surface area contributed by atoms with E-state index in [4.69, 9.17) is 23.2 Å². The molecule has 0 saturated carbocycles. The predicted octanol–water partition coefficient (Wildman–Crippen LogP) is 2.37. The Morgan fingerprint density at radius 3 is 2.80 bits per heavy atom. The van der Waals surface area contributed by atoms with Gasteiger partial charge in [0.25, 0.3) is 0 Å². The highest BCUT2D eigenvalue weighted by Gasteiger charge is 2.12. The van der Waals surface area contributed by atoms with Crippen molar-refractivity contribution >= 4 is 44.3 Å². The van der Waals surface area contributed by atoms with Gasteiger partial charge in [-0.15, -0.1) is 11.6 Å². The topological polar surface area (TPSA) is 64.0 Å². The first-order chi connectivity index (χ1) is 9.42. The lowest BCUT2D eigenvalue weighted by atomic mass is 10.3. The number of imidazole rings is 1. The Balaban J connectivity index is 2.20. The maximum absolute atomic E-state index is 11.0. The summed E-state index contributed by atoms with van der Waals surface area (Å²) in [6.07, 6.45) is 1.77. The number of hydrogen-bond donors (Lipinski definition) is 1. The summed E-state index contributed by atoms with van der Waals surface area (Å²) >= 11 is 12.1. The van der Waals surface area contributed by atoms with Crippen LogP contribution in [0, 0.1) is 0 Å². The fraction of sp³-hybridized carbons (Fsp3) is 0.417. The van der Waals surface area contributed by atoms with Crippen LogP contribution < -0.4 is 4.72 Å². The second-order valence-electron chi connectivity index (χ2n) is 4.44. The average Bonchev–Trinajstić information content (AvgIpc) is 2.73. The Morgan fingerprint density at radius 1 is 1.40 bits per heavy atom. The minimum atomic E-state index is -3.16. The lowest BCUT2D eigenvalue weighted by molar-refractivity contribution is 0.575. The number of alkyl halides is 1. The number of fused-ring (bicyclic) bond motifs is 1. The molecule has 1 heterocycles. The molecule has 0 saturated heterocycles. The van der Waals surface area contributed by atoms with Crippen molar-refractivity contribution in [3.8, 4) is 0 Å². The van der Waals surface area contributed by atoms with E-state index in [2.05, 4.69) is 9.71 Å². The number of nitrogens with one attached hydrogen (secondary N) is 1. The molecule has 20 heavy (non-hydrogen) atoms. The smallest absolute Gasteiger partial charge is 0.208 e. The molecule has 110 valence electrons. The molecule has 0 radical (unpaired) electrons. The van der Waals surface area contributed by atoms with Crippen molar-refractivity contribution in [3.63, 3.8) is 0 Å². The summed E-state index contributed by atoms with van der Waals surface area (Å²) in [7, 11) is -3.16. The van der Waals surface area contributed by atoms with Crippen molar-refractivity contribution in [3.05, 3.63) is 29.0 Å². The molecule has 2 aromatic rings. The first-order valence-corrected chi connectivity index (χ1v) is 8.87. The molecule has 1 aromatic heterocycles. The second-order valence-corrected chi connectivity index (χ2v) is 6.95. The van der Waals surface area contributed by atoms with E-state index in [0.29, 0.717) is 24.5 Å². The van der Waals surface area contributed by atoms with Crippen molar-refractivity contribution < 1.29 is 8.42 Å². The Labute approximate surface area is 127 Å². The van der Waals surface area contributed by atoms with E-state index >= 15 is 0 Å². The summed E-state index contributed by atoms with van der Waals surface area (Å²) in [5, 5.41) is 0.613. The minimum absolute atomic E-state index is 0.282. The number of halogens is 2. The molecule has 1 aromatic carbocycles.